The second-order valence-corrected chi connectivity index (χ2v) is 8.26. The normalized spacial score (nSPS) is 17.7. The van der Waals surface area contributed by atoms with E-state index in [0.29, 0.717) is 13.0 Å². The lowest BCUT2D eigenvalue weighted by Crippen LogP contribution is -2.49. The first-order chi connectivity index (χ1) is 14.1. The molecular formula is C24H35N3O2. The van der Waals surface area contributed by atoms with Crippen molar-refractivity contribution in [1.82, 2.24) is 14.7 Å². The standard InChI is InChI=1S/C24H35N3O2/c1-21(28)26(14-12-22-8-4-2-5-9-22)15-13-24(29)27-18-16-25(17-19-27)20-23-10-6-3-7-11-23/h3,6-8,10-11H,2,4-5,9,12-20H2,1H3. The first-order valence-corrected chi connectivity index (χ1v) is 11.1. The monoisotopic (exact) mass is 397 g/mol. The smallest absolute Gasteiger partial charge is 0.224 e. The third-order valence-electron chi connectivity index (χ3n) is 6.10. The summed E-state index contributed by atoms with van der Waals surface area (Å²) in [4.78, 5) is 30.9. The van der Waals surface area contributed by atoms with Gasteiger partial charge in [-0.3, -0.25) is 14.5 Å². The summed E-state index contributed by atoms with van der Waals surface area (Å²) in [5.41, 5.74) is 2.79. The maximum atomic E-state index is 12.7. The van der Waals surface area contributed by atoms with Crippen molar-refractivity contribution in [2.75, 3.05) is 39.3 Å². The first kappa shape index (κ1) is 21.6. The van der Waals surface area contributed by atoms with E-state index in [1.165, 1.54) is 30.4 Å². The molecule has 1 fully saturated rings. The fourth-order valence-electron chi connectivity index (χ4n) is 4.22. The van der Waals surface area contributed by atoms with Gasteiger partial charge in [0.2, 0.25) is 11.8 Å². The Bertz CT molecular complexity index is 693. The minimum absolute atomic E-state index is 0.0712. The van der Waals surface area contributed by atoms with Gasteiger partial charge in [0.1, 0.15) is 0 Å². The topological polar surface area (TPSA) is 43.9 Å². The molecule has 158 valence electrons. The molecule has 1 aliphatic heterocycles. The third-order valence-corrected chi connectivity index (χ3v) is 6.10. The molecule has 3 rings (SSSR count). The van der Waals surface area contributed by atoms with Gasteiger partial charge in [0, 0.05) is 59.2 Å². The van der Waals surface area contributed by atoms with Crippen molar-refractivity contribution in [3.05, 3.63) is 47.5 Å². The molecule has 2 amide bonds. The summed E-state index contributed by atoms with van der Waals surface area (Å²) < 4.78 is 0. The van der Waals surface area contributed by atoms with E-state index in [0.717, 1.165) is 52.1 Å². The number of carbonyl (C=O) groups is 2. The molecule has 1 aliphatic carbocycles. The highest BCUT2D eigenvalue weighted by Crippen LogP contribution is 2.20. The van der Waals surface area contributed by atoms with E-state index < -0.39 is 0 Å². The fourth-order valence-corrected chi connectivity index (χ4v) is 4.22. The molecule has 5 heteroatoms. The van der Waals surface area contributed by atoms with E-state index in [-0.39, 0.29) is 11.8 Å². The number of piperazine rings is 1. The van der Waals surface area contributed by atoms with Gasteiger partial charge in [0.15, 0.2) is 0 Å². The number of benzene rings is 1. The molecule has 0 atom stereocenters. The van der Waals surface area contributed by atoms with Gasteiger partial charge >= 0.3 is 0 Å². The van der Waals surface area contributed by atoms with Gasteiger partial charge in [-0.25, -0.2) is 0 Å². The largest absolute Gasteiger partial charge is 0.342 e. The van der Waals surface area contributed by atoms with Crippen LogP contribution in [-0.4, -0.2) is 65.8 Å². The highest BCUT2D eigenvalue weighted by Gasteiger charge is 2.22. The van der Waals surface area contributed by atoms with E-state index in [2.05, 4.69) is 35.2 Å². The van der Waals surface area contributed by atoms with Gasteiger partial charge < -0.3 is 9.80 Å². The van der Waals surface area contributed by atoms with Gasteiger partial charge in [-0.2, -0.15) is 0 Å². The summed E-state index contributed by atoms with van der Waals surface area (Å²) in [6, 6.07) is 10.5. The number of allylic oxidation sites excluding steroid dienone is 1. The number of carbonyl (C=O) groups excluding carboxylic acids is 2. The van der Waals surface area contributed by atoms with Crippen LogP contribution in [0.4, 0.5) is 0 Å². The molecule has 5 nitrogen and oxygen atoms in total. The summed E-state index contributed by atoms with van der Waals surface area (Å²) >= 11 is 0. The second kappa shape index (κ2) is 11.1. The van der Waals surface area contributed by atoms with Crippen molar-refractivity contribution in [1.29, 1.82) is 0 Å². The van der Waals surface area contributed by atoms with Crippen molar-refractivity contribution in [2.24, 2.45) is 0 Å². The SMILES string of the molecule is CC(=O)N(CCC(=O)N1CCN(Cc2ccccc2)CC1)CCC1=CCCCC1. The predicted octanol–water partition coefficient (Wildman–Crippen LogP) is 3.46. The Kier molecular flexibility index (Phi) is 8.29. The maximum absolute atomic E-state index is 12.7. The van der Waals surface area contributed by atoms with Gasteiger partial charge in [0.05, 0.1) is 0 Å². The van der Waals surface area contributed by atoms with Crippen LogP contribution in [0.3, 0.4) is 0 Å². The molecule has 0 unspecified atom stereocenters. The highest BCUT2D eigenvalue weighted by atomic mass is 16.2. The van der Waals surface area contributed by atoms with Crippen LogP contribution >= 0.6 is 0 Å². The van der Waals surface area contributed by atoms with Crippen molar-refractivity contribution in [3.63, 3.8) is 0 Å². The molecule has 0 aromatic heterocycles. The Labute approximate surface area is 175 Å². The highest BCUT2D eigenvalue weighted by molar-refractivity contribution is 5.78. The Morgan fingerprint density at radius 2 is 1.76 bits per heavy atom. The van der Waals surface area contributed by atoms with Gasteiger partial charge in [-0.1, -0.05) is 42.0 Å². The van der Waals surface area contributed by atoms with E-state index >= 15 is 0 Å². The number of amides is 2. The molecule has 1 aromatic rings. The van der Waals surface area contributed by atoms with Crippen LogP contribution in [0.25, 0.3) is 0 Å². The van der Waals surface area contributed by atoms with E-state index in [9.17, 15) is 9.59 Å². The maximum Gasteiger partial charge on any atom is 0.224 e. The summed E-state index contributed by atoms with van der Waals surface area (Å²) in [5, 5.41) is 0. The van der Waals surface area contributed by atoms with E-state index in [4.69, 9.17) is 0 Å². The molecule has 0 bridgehead atoms. The zero-order chi connectivity index (χ0) is 20.5. The van der Waals surface area contributed by atoms with Crippen LogP contribution < -0.4 is 0 Å². The molecule has 0 radical (unpaired) electrons. The fraction of sp³-hybridized carbons (Fsp3) is 0.583. The van der Waals surface area contributed by atoms with Crippen molar-refractivity contribution < 1.29 is 9.59 Å². The molecule has 2 aliphatic rings. The number of rotatable bonds is 8. The van der Waals surface area contributed by atoms with Gasteiger partial charge in [0.25, 0.3) is 0 Å². The first-order valence-electron chi connectivity index (χ1n) is 11.1. The van der Waals surface area contributed by atoms with Crippen LogP contribution in [-0.2, 0) is 16.1 Å². The molecule has 1 saturated heterocycles. The summed E-state index contributed by atoms with van der Waals surface area (Å²) in [6.07, 6.45) is 8.60. The third kappa shape index (κ3) is 7.00. The minimum atomic E-state index is 0.0712. The molecule has 1 heterocycles. The molecule has 0 spiro atoms. The quantitative estimate of drug-likeness (QED) is 0.631. The van der Waals surface area contributed by atoms with Crippen LogP contribution in [0.15, 0.2) is 42.0 Å². The second-order valence-electron chi connectivity index (χ2n) is 8.26. The zero-order valence-electron chi connectivity index (χ0n) is 17.8. The Morgan fingerprint density at radius 1 is 1.00 bits per heavy atom. The molecule has 29 heavy (non-hydrogen) atoms. The van der Waals surface area contributed by atoms with Crippen LogP contribution in [0, 0.1) is 0 Å². The molecule has 1 aromatic carbocycles. The minimum Gasteiger partial charge on any atom is -0.342 e. The number of nitrogens with zero attached hydrogens (tertiary/aromatic N) is 3. The van der Waals surface area contributed by atoms with Crippen molar-refractivity contribution >= 4 is 11.8 Å². The summed E-state index contributed by atoms with van der Waals surface area (Å²) in [6.45, 7) is 7.19. The van der Waals surface area contributed by atoms with Gasteiger partial charge in [-0.15, -0.1) is 0 Å². The summed E-state index contributed by atoms with van der Waals surface area (Å²) in [7, 11) is 0. The van der Waals surface area contributed by atoms with Crippen molar-refractivity contribution in [3.8, 4) is 0 Å². The average Bonchev–Trinajstić information content (AvgIpc) is 2.75. The van der Waals surface area contributed by atoms with E-state index in [1.807, 2.05) is 15.9 Å². The molecule has 0 saturated carbocycles. The molecular weight excluding hydrogens is 362 g/mol. The Morgan fingerprint density at radius 3 is 2.41 bits per heavy atom. The van der Waals surface area contributed by atoms with Crippen LogP contribution in [0.1, 0.15) is 51.0 Å². The molecule has 0 N–H and O–H groups in total. The van der Waals surface area contributed by atoms with E-state index in [1.54, 1.807) is 6.92 Å². The van der Waals surface area contributed by atoms with Crippen LogP contribution in [0.2, 0.25) is 0 Å². The van der Waals surface area contributed by atoms with Gasteiger partial charge in [-0.05, 0) is 37.7 Å². The lowest BCUT2D eigenvalue weighted by Gasteiger charge is -2.35. The summed E-state index contributed by atoms with van der Waals surface area (Å²) in [5.74, 6) is 0.245. The lowest BCUT2D eigenvalue weighted by molar-refractivity contribution is -0.134. The Hall–Kier alpha value is -2.14. The zero-order valence-corrected chi connectivity index (χ0v) is 17.8. The average molecular weight is 398 g/mol. The van der Waals surface area contributed by atoms with Crippen LogP contribution in [0.5, 0.6) is 0 Å². The lowest BCUT2D eigenvalue weighted by atomic mass is 9.97. The Balaban J connectivity index is 1.38. The number of hydrogen-bond acceptors (Lipinski definition) is 3. The number of hydrogen-bond donors (Lipinski definition) is 0. The van der Waals surface area contributed by atoms with Crippen molar-refractivity contribution in [2.45, 2.75) is 52.0 Å². The predicted molar refractivity (Wildman–Crippen MR) is 116 cm³/mol.